The largest absolute Gasteiger partial charge is 0.467 e. The lowest BCUT2D eigenvalue weighted by molar-refractivity contribution is 0.196. The minimum atomic E-state index is -0.426. The molecule has 0 radical (unpaired) electrons. The topological polar surface area (TPSA) is 80.2 Å². The third-order valence-electron chi connectivity index (χ3n) is 2.28. The molecule has 0 spiro atoms. The van der Waals surface area contributed by atoms with Gasteiger partial charge in [-0.15, -0.1) is 0 Å². The molecule has 0 aromatic carbocycles. The molecule has 0 aliphatic heterocycles. The number of aliphatic hydroxyl groups excluding tert-OH is 1. The third-order valence-corrected chi connectivity index (χ3v) is 3.44. The summed E-state index contributed by atoms with van der Waals surface area (Å²) in [6.45, 7) is 6.52. The average Bonchev–Trinajstić information content (AvgIpc) is 2.35. The molecule has 1 heterocycles. The zero-order chi connectivity index (χ0) is 13.5. The molecule has 0 fully saturated rings. The molecule has 7 heteroatoms. The van der Waals surface area contributed by atoms with Crippen LogP contribution in [0.25, 0.3) is 0 Å². The fourth-order valence-corrected chi connectivity index (χ4v) is 1.86. The van der Waals surface area contributed by atoms with Crippen molar-refractivity contribution in [1.29, 1.82) is 0 Å². The summed E-state index contributed by atoms with van der Waals surface area (Å²) in [5.41, 5.74) is 0. The summed E-state index contributed by atoms with van der Waals surface area (Å²) in [7, 11) is 1.52. The second-order valence-electron chi connectivity index (χ2n) is 3.92. The molecule has 1 rings (SSSR count). The van der Waals surface area contributed by atoms with Crippen LogP contribution in [0.1, 0.15) is 27.2 Å². The first-order valence-electron chi connectivity index (χ1n) is 5.95. The zero-order valence-electron chi connectivity index (χ0n) is 11.2. The summed E-state index contributed by atoms with van der Waals surface area (Å²) in [6, 6.07) is 0.281. The van der Waals surface area contributed by atoms with E-state index >= 15 is 0 Å². The Bertz CT molecular complexity index is 376. The SMILES string of the molecule is CCCNc1nc(OC)nc(SC(C)C(C)O)n1. The van der Waals surface area contributed by atoms with Crippen LogP contribution in [0.15, 0.2) is 5.16 Å². The highest BCUT2D eigenvalue weighted by Gasteiger charge is 2.14. The average molecular weight is 272 g/mol. The molecular weight excluding hydrogens is 252 g/mol. The molecule has 1 aromatic rings. The summed E-state index contributed by atoms with van der Waals surface area (Å²) in [6.07, 6.45) is 0.561. The molecule has 2 atom stereocenters. The number of aliphatic hydroxyl groups is 1. The van der Waals surface area contributed by atoms with Crippen LogP contribution in [0.2, 0.25) is 0 Å². The quantitative estimate of drug-likeness (QED) is 0.729. The van der Waals surface area contributed by atoms with Gasteiger partial charge in [0, 0.05) is 11.8 Å². The van der Waals surface area contributed by atoms with Crippen LogP contribution in [0.5, 0.6) is 6.01 Å². The lowest BCUT2D eigenvalue weighted by Gasteiger charge is -2.13. The first-order valence-corrected chi connectivity index (χ1v) is 6.83. The van der Waals surface area contributed by atoms with E-state index in [0.29, 0.717) is 11.1 Å². The molecule has 0 saturated carbocycles. The first kappa shape index (κ1) is 15.0. The molecule has 2 unspecified atom stereocenters. The van der Waals surface area contributed by atoms with Crippen LogP contribution in [-0.4, -0.2) is 45.1 Å². The van der Waals surface area contributed by atoms with Crippen molar-refractivity contribution in [2.24, 2.45) is 0 Å². The van der Waals surface area contributed by atoms with Crippen LogP contribution in [-0.2, 0) is 0 Å². The van der Waals surface area contributed by atoms with Gasteiger partial charge in [0.1, 0.15) is 0 Å². The van der Waals surface area contributed by atoms with Crippen molar-refractivity contribution >= 4 is 17.7 Å². The monoisotopic (exact) mass is 272 g/mol. The van der Waals surface area contributed by atoms with Crippen LogP contribution < -0.4 is 10.1 Å². The van der Waals surface area contributed by atoms with Crippen molar-refractivity contribution in [2.45, 2.75) is 43.7 Å². The van der Waals surface area contributed by atoms with Crippen LogP contribution in [0.4, 0.5) is 5.95 Å². The fraction of sp³-hybridized carbons (Fsp3) is 0.727. The van der Waals surface area contributed by atoms with Crippen LogP contribution in [0, 0.1) is 0 Å². The highest BCUT2D eigenvalue weighted by molar-refractivity contribution is 7.99. The van der Waals surface area contributed by atoms with E-state index in [4.69, 9.17) is 4.74 Å². The van der Waals surface area contributed by atoms with Gasteiger partial charge in [-0.25, -0.2) is 0 Å². The Morgan fingerprint density at radius 3 is 2.61 bits per heavy atom. The number of aromatic nitrogens is 3. The number of ether oxygens (including phenoxy) is 1. The van der Waals surface area contributed by atoms with E-state index in [-0.39, 0.29) is 11.3 Å². The van der Waals surface area contributed by atoms with Gasteiger partial charge in [0.25, 0.3) is 0 Å². The highest BCUT2D eigenvalue weighted by Crippen LogP contribution is 2.23. The zero-order valence-corrected chi connectivity index (χ0v) is 12.0. The number of methoxy groups -OCH3 is 1. The van der Waals surface area contributed by atoms with Crippen molar-refractivity contribution < 1.29 is 9.84 Å². The van der Waals surface area contributed by atoms with Crippen molar-refractivity contribution in [2.75, 3.05) is 19.0 Å². The van der Waals surface area contributed by atoms with Gasteiger partial charge in [0.2, 0.25) is 5.95 Å². The second-order valence-corrected chi connectivity index (χ2v) is 5.26. The maximum absolute atomic E-state index is 9.48. The van der Waals surface area contributed by atoms with Crippen molar-refractivity contribution in [1.82, 2.24) is 15.0 Å². The minimum absolute atomic E-state index is 0.0103. The maximum Gasteiger partial charge on any atom is 0.321 e. The Morgan fingerprint density at radius 1 is 1.33 bits per heavy atom. The summed E-state index contributed by atoms with van der Waals surface area (Å²) in [5, 5.41) is 13.1. The number of anilines is 1. The standard InChI is InChI=1S/C11H20N4O2S/c1-5-6-12-9-13-10(17-4)15-11(14-9)18-8(3)7(2)16/h7-8,16H,5-6H2,1-4H3,(H,12,13,14,15). The van der Waals surface area contributed by atoms with Crippen LogP contribution >= 0.6 is 11.8 Å². The Morgan fingerprint density at radius 2 is 2.06 bits per heavy atom. The Balaban J connectivity index is 2.82. The second kappa shape index (κ2) is 7.38. The normalized spacial score (nSPS) is 14.1. The number of rotatable bonds is 7. The molecule has 6 nitrogen and oxygen atoms in total. The molecule has 102 valence electrons. The summed E-state index contributed by atoms with van der Waals surface area (Å²) in [5.74, 6) is 0.504. The highest BCUT2D eigenvalue weighted by atomic mass is 32.2. The summed E-state index contributed by atoms with van der Waals surface area (Å²) < 4.78 is 5.04. The summed E-state index contributed by atoms with van der Waals surface area (Å²) in [4.78, 5) is 12.5. The number of hydrogen-bond acceptors (Lipinski definition) is 7. The Kier molecular flexibility index (Phi) is 6.14. The van der Waals surface area contributed by atoms with Gasteiger partial charge in [-0.2, -0.15) is 15.0 Å². The molecule has 0 bridgehead atoms. The lowest BCUT2D eigenvalue weighted by atomic mass is 10.3. The predicted octanol–water partition coefficient (Wildman–Crippen LogP) is 1.56. The van der Waals surface area contributed by atoms with E-state index < -0.39 is 6.10 Å². The molecule has 0 amide bonds. The van der Waals surface area contributed by atoms with E-state index in [1.807, 2.05) is 6.92 Å². The van der Waals surface area contributed by atoms with E-state index in [0.717, 1.165) is 13.0 Å². The van der Waals surface area contributed by atoms with Gasteiger partial charge in [0.15, 0.2) is 5.16 Å². The molecule has 0 saturated heterocycles. The Hall–Kier alpha value is -1.08. The van der Waals surface area contributed by atoms with Gasteiger partial charge >= 0.3 is 6.01 Å². The molecule has 2 N–H and O–H groups in total. The third kappa shape index (κ3) is 4.66. The molecule has 0 aliphatic carbocycles. The molecule has 18 heavy (non-hydrogen) atoms. The van der Waals surface area contributed by atoms with Gasteiger partial charge in [0.05, 0.1) is 13.2 Å². The van der Waals surface area contributed by atoms with Gasteiger partial charge < -0.3 is 15.2 Å². The maximum atomic E-state index is 9.48. The first-order chi connectivity index (χ1) is 8.56. The van der Waals surface area contributed by atoms with E-state index in [1.165, 1.54) is 18.9 Å². The van der Waals surface area contributed by atoms with Crippen molar-refractivity contribution in [3.8, 4) is 6.01 Å². The van der Waals surface area contributed by atoms with Crippen molar-refractivity contribution in [3.63, 3.8) is 0 Å². The van der Waals surface area contributed by atoms with E-state index in [2.05, 4.69) is 27.2 Å². The van der Waals surface area contributed by atoms with Crippen molar-refractivity contribution in [3.05, 3.63) is 0 Å². The number of hydrogen-bond donors (Lipinski definition) is 2. The molecule has 0 aliphatic rings. The number of thioether (sulfide) groups is 1. The number of nitrogens with zero attached hydrogens (tertiary/aromatic N) is 3. The fourth-order valence-electron chi connectivity index (χ4n) is 1.06. The van der Waals surface area contributed by atoms with Gasteiger partial charge in [-0.3, -0.25) is 0 Å². The van der Waals surface area contributed by atoms with Gasteiger partial charge in [-0.1, -0.05) is 25.6 Å². The number of nitrogens with one attached hydrogen (secondary N) is 1. The van der Waals surface area contributed by atoms with E-state index in [1.54, 1.807) is 6.92 Å². The van der Waals surface area contributed by atoms with Crippen LogP contribution in [0.3, 0.4) is 0 Å². The van der Waals surface area contributed by atoms with Gasteiger partial charge in [-0.05, 0) is 13.3 Å². The molecular formula is C11H20N4O2S. The molecule has 1 aromatic heterocycles. The smallest absolute Gasteiger partial charge is 0.321 e. The predicted molar refractivity (Wildman–Crippen MR) is 72.2 cm³/mol. The minimum Gasteiger partial charge on any atom is -0.467 e. The van der Waals surface area contributed by atoms with E-state index in [9.17, 15) is 5.11 Å². The lowest BCUT2D eigenvalue weighted by Crippen LogP contribution is -2.16. The summed E-state index contributed by atoms with van der Waals surface area (Å²) >= 11 is 1.40. The Labute approximate surface area is 112 Å².